The van der Waals surface area contributed by atoms with Crippen LogP contribution in [0.1, 0.15) is 15.9 Å². The lowest BCUT2D eigenvalue weighted by Gasteiger charge is -2.16. The van der Waals surface area contributed by atoms with Gasteiger partial charge in [0.2, 0.25) is 5.43 Å². The maximum Gasteiger partial charge on any atom is 0.418 e. The van der Waals surface area contributed by atoms with Crippen molar-refractivity contribution >= 4 is 28.6 Å². The van der Waals surface area contributed by atoms with Crippen molar-refractivity contribution in [3.05, 3.63) is 76.1 Å². The molecule has 0 aliphatic rings. The van der Waals surface area contributed by atoms with Crippen molar-refractivity contribution in [1.82, 2.24) is 4.57 Å². The van der Waals surface area contributed by atoms with E-state index >= 15 is 0 Å². The summed E-state index contributed by atoms with van der Waals surface area (Å²) in [4.78, 5) is 36.1. The molecule has 1 amide bonds. The zero-order chi connectivity index (χ0) is 19.8. The van der Waals surface area contributed by atoms with Crippen molar-refractivity contribution in [1.29, 1.82) is 0 Å². The number of nitrogens with one attached hydrogen (secondary N) is 1. The van der Waals surface area contributed by atoms with Gasteiger partial charge in [-0.2, -0.15) is 13.2 Å². The third-order valence-corrected chi connectivity index (χ3v) is 3.83. The van der Waals surface area contributed by atoms with Gasteiger partial charge in [0.15, 0.2) is 0 Å². The Morgan fingerprint density at radius 1 is 1.00 bits per heavy atom. The summed E-state index contributed by atoms with van der Waals surface area (Å²) >= 11 is 0. The van der Waals surface area contributed by atoms with Crippen LogP contribution in [0.5, 0.6) is 0 Å². The Balaban J connectivity index is 2.14. The molecule has 1 heterocycles. The number of alkyl halides is 3. The number of fused-ring (bicyclic) bond motifs is 1. The number of halogens is 3. The summed E-state index contributed by atoms with van der Waals surface area (Å²) in [5, 5.41) is 11.3. The van der Waals surface area contributed by atoms with Gasteiger partial charge in [-0.3, -0.25) is 9.36 Å². The van der Waals surface area contributed by atoms with Gasteiger partial charge in [-0.05, 0) is 24.3 Å². The van der Waals surface area contributed by atoms with Crippen LogP contribution in [0, 0.1) is 0 Å². The lowest BCUT2D eigenvalue weighted by Crippen LogP contribution is -2.26. The molecule has 0 spiro atoms. The minimum Gasteiger partial charge on any atom is -0.477 e. The van der Waals surface area contributed by atoms with E-state index in [1.54, 1.807) is 0 Å². The first-order valence-corrected chi connectivity index (χ1v) is 7.55. The first kappa shape index (κ1) is 18.2. The molecule has 9 heteroatoms. The maximum absolute atomic E-state index is 13.1. The first-order valence-electron chi connectivity index (χ1n) is 7.55. The van der Waals surface area contributed by atoms with Gasteiger partial charge in [-0.25, -0.2) is 9.59 Å². The normalized spacial score (nSPS) is 11.4. The monoisotopic (exact) mass is 376 g/mol. The predicted molar refractivity (Wildman–Crippen MR) is 91.0 cm³/mol. The van der Waals surface area contributed by atoms with Gasteiger partial charge in [-0.15, -0.1) is 0 Å². The minimum absolute atomic E-state index is 0.0448. The molecule has 0 radical (unpaired) electrons. The Bertz CT molecular complexity index is 1120. The van der Waals surface area contributed by atoms with Gasteiger partial charge >= 0.3 is 18.2 Å². The molecule has 138 valence electrons. The zero-order valence-electron chi connectivity index (χ0n) is 13.4. The number of carboxylic acids is 1. The Labute approximate surface area is 149 Å². The fourth-order valence-corrected chi connectivity index (χ4v) is 2.61. The van der Waals surface area contributed by atoms with Gasteiger partial charge in [0.05, 0.1) is 16.8 Å². The van der Waals surface area contributed by atoms with E-state index in [-0.39, 0.29) is 10.9 Å². The van der Waals surface area contributed by atoms with E-state index in [1.807, 2.05) is 0 Å². The summed E-state index contributed by atoms with van der Waals surface area (Å²) in [6, 6.07) is 9.05. The predicted octanol–water partition coefficient (Wildman–Crippen LogP) is 3.80. The van der Waals surface area contributed by atoms with E-state index in [9.17, 15) is 32.7 Å². The van der Waals surface area contributed by atoms with Crippen LogP contribution in [0.3, 0.4) is 0 Å². The van der Waals surface area contributed by atoms with Crippen LogP contribution in [0.25, 0.3) is 10.9 Å². The molecule has 0 bridgehead atoms. The highest BCUT2D eigenvalue weighted by atomic mass is 19.4. The number of aromatic carboxylic acids is 1. The van der Waals surface area contributed by atoms with Gasteiger partial charge in [-0.1, -0.05) is 24.3 Å². The van der Waals surface area contributed by atoms with Crippen molar-refractivity contribution < 1.29 is 27.9 Å². The van der Waals surface area contributed by atoms with Crippen LogP contribution in [-0.2, 0) is 6.18 Å². The number of carbonyl (C=O) groups is 2. The summed E-state index contributed by atoms with van der Waals surface area (Å²) in [5.41, 5.74) is -2.95. The molecule has 0 unspecified atom stereocenters. The van der Waals surface area contributed by atoms with Crippen molar-refractivity contribution in [2.75, 3.05) is 5.32 Å². The number of rotatable bonds is 2. The third kappa shape index (κ3) is 3.39. The average molecular weight is 376 g/mol. The van der Waals surface area contributed by atoms with Gasteiger partial charge < -0.3 is 10.4 Å². The second-order valence-electron chi connectivity index (χ2n) is 5.54. The standard InChI is InChI=1S/C18H11F3N2O4/c19-18(20,21)12-6-2-3-7-13(12)22-17(27)23-9-11(16(25)26)15(24)10-5-1-4-8-14(10)23/h1-9H,(H,22,27)(H,25,26). The lowest BCUT2D eigenvalue weighted by atomic mass is 10.1. The summed E-state index contributed by atoms with van der Waals surface area (Å²) in [6.45, 7) is 0. The number of carbonyl (C=O) groups excluding carboxylic acids is 1. The molecule has 3 aromatic rings. The number of amides is 1. The second kappa shape index (κ2) is 6.60. The second-order valence-corrected chi connectivity index (χ2v) is 5.54. The lowest BCUT2D eigenvalue weighted by molar-refractivity contribution is -0.136. The number of benzene rings is 2. The molecule has 1 aromatic heterocycles. The summed E-state index contributed by atoms with van der Waals surface area (Å²) in [5.74, 6) is -1.55. The van der Waals surface area contributed by atoms with Crippen LogP contribution in [0.2, 0.25) is 0 Å². The topological polar surface area (TPSA) is 88.4 Å². The highest BCUT2D eigenvalue weighted by Gasteiger charge is 2.33. The SMILES string of the molecule is O=C(O)c1cn(C(=O)Nc2ccccc2C(F)(F)F)c2ccccc2c1=O. The van der Waals surface area contributed by atoms with Crippen molar-refractivity contribution in [2.45, 2.75) is 6.18 Å². The van der Waals surface area contributed by atoms with E-state index in [4.69, 9.17) is 0 Å². The molecule has 2 N–H and O–H groups in total. The molecule has 0 saturated carbocycles. The van der Waals surface area contributed by atoms with Gasteiger partial charge in [0, 0.05) is 11.6 Å². The molecular formula is C18H11F3N2O4. The molecule has 2 aromatic carbocycles. The third-order valence-electron chi connectivity index (χ3n) is 3.83. The average Bonchev–Trinajstić information content (AvgIpc) is 2.61. The van der Waals surface area contributed by atoms with Crippen LogP contribution in [0.4, 0.5) is 23.7 Å². The highest BCUT2D eigenvalue weighted by molar-refractivity contribution is 6.01. The Hall–Kier alpha value is -3.62. The quantitative estimate of drug-likeness (QED) is 0.712. The summed E-state index contributed by atoms with van der Waals surface area (Å²) < 4.78 is 40.1. The number of aromatic nitrogens is 1. The Morgan fingerprint density at radius 2 is 1.63 bits per heavy atom. The first-order chi connectivity index (χ1) is 12.7. The number of anilines is 1. The minimum atomic E-state index is -4.69. The molecule has 0 aliphatic heterocycles. The van der Waals surface area contributed by atoms with E-state index < -0.39 is 40.4 Å². The van der Waals surface area contributed by atoms with Crippen molar-refractivity contribution in [3.8, 4) is 0 Å². The number of hydrogen-bond acceptors (Lipinski definition) is 3. The van der Waals surface area contributed by atoms with Crippen LogP contribution >= 0.6 is 0 Å². The van der Waals surface area contributed by atoms with Gasteiger partial charge in [0.25, 0.3) is 0 Å². The number of hydrogen-bond donors (Lipinski definition) is 2. The number of pyridine rings is 1. The largest absolute Gasteiger partial charge is 0.477 e. The number of carboxylic acid groups (broad SMARTS) is 1. The van der Waals surface area contributed by atoms with E-state index in [0.717, 1.165) is 22.9 Å². The Morgan fingerprint density at radius 3 is 2.30 bits per heavy atom. The molecule has 0 aliphatic carbocycles. The fraction of sp³-hybridized carbons (Fsp3) is 0.0556. The zero-order valence-corrected chi connectivity index (χ0v) is 13.4. The molecule has 0 atom stereocenters. The maximum atomic E-state index is 13.1. The van der Waals surface area contributed by atoms with E-state index in [2.05, 4.69) is 5.32 Å². The molecule has 6 nitrogen and oxygen atoms in total. The fourth-order valence-electron chi connectivity index (χ4n) is 2.61. The summed E-state index contributed by atoms with van der Waals surface area (Å²) in [6.07, 6.45) is -3.90. The van der Waals surface area contributed by atoms with E-state index in [1.165, 1.54) is 36.4 Å². The van der Waals surface area contributed by atoms with Crippen LogP contribution in [0.15, 0.2) is 59.5 Å². The molecule has 27 heavy (non-hydrogen) atoms. The van der Waals surface area contributed by atoms with Gasteiger partial charge in [0.1, 0.15) is 5.56 Å². The van der Waals surface area contributed by atoms with Crippen LogP contribution < -0.4 is 10.7 Å². The van der Waals surface area contributed by atoms with Crippen molar-refractivity contribution in [2.24, 2.45) is 0 Å². The van der Waals surface area contributed by atoms with E-state index in [0.29, 0.717) is 0 Å². The molecular weight excluding hydrogens is 365 g/mol. The van der Waals surface area contributed by atoms with Crippen molar-refractivity contribution in [3.63, 3.8) is 0 Å². The van der Waals surface area contributed by atoms with Crippen LogP contribution in [-0.4, -0.2) is 21.7 Å². The smallest absolute Gasteiger partial charge is 0.418 e. The molecule has 0 saturated heterocycles. The molecule has 0 fully saturated rings. The number of para-hydroxylation sites is 2. The number of nitrogens with zero attached hydrogens (tertiary/aromatic N) is 1. The summed E-state index contributed by atoms with van der Waals surface area (Å²) in [7, 11) is 0. The highest BCUT2D eigenvalue weighted by Crippen LogP contribution is 2.34. The Kier molecular flexibility index (Phi) is 4.44. The molecule has 3 rings (SSSR count).